The number of allylic oxidation sites excluding steroid dienone is 9. The monoisotopic (exact) mass is 390 g/mol. The maximum atomic E-state index is 11.1. The van der Waals surface area contributed by atoms with Crippen molar-refractivity contribution in [1.82, 2.24) is 0 Å². The summed E-state index contributed by atoms with van der Waals surface area (Å²) in [5, 5.41) is 0. The summed E-state index contributed by atoms with van der Waals surface area (Å²) in [6.07, 6.45) is 15.7. The van der Waals surface area contributed by atoms with Crippen molar-refractivity contribution >= 4 is 5.97 Å². The highest BCUT2D eigenvalue weighted by Gasteiger charge is 2.14. The molecule has 162 valence electrons. The highest BCUT2D eigenvalue weighted by molar-refractivity contribution is 5.83. The van der Waals surface area contributed by atoms with Crippen LogP contribution in [-0.2, 0) is 9.53 Å². The Morgan fingerprint density at radius 3 is 2.07 bits per heavy atom. The van der Waals surface area contributed by atoms with Gasteiger partial charge in [-0.1, -0.05) is 90.0 Å². The van der Waals surface area contributed by atoms with Crippen molar-refractivity contribution in [2.75, 3.05) is 7.11 Å². The van der Waals surface area contributed by atoms with Crippen LogP contribution in [0.2, 0.25) is 0 Å². The van der Waals surface area contributed by atoms with Crippen molar-refractivity contribution in [1.29, 1.82) is 0 Å². The molecule has 1 aliphatic rings. The van der Waals surface area contributed by atoms with Gasteiger partial charge in [-0.25, -0.2) is 4.79 Å². The second-order valence-corrected chi connectivity index (χ2v) is 6.04. The number of methoxy groups -OCH3 is 1. The largest absolute Gasteiger partial charge is 0.466 e. The minimum Gasteiger partial charge on any atom is -0.466 e. The lowest BCUT2D eigenvalue weighted by molar-refractivity contribution is -0.134. The molecule has 0 fully saturated rings. The molecule has 0 aromatic carbocycles. The molecule has 1 unspecified atom stereocenters. The van der Waals surface area contributed by atoms with Gasteiger partial charge in [-0.2, -0.15) is 0 Å². The van der Waals surface area contributed by atoms with Gasteiger partial charge in [-0.05, 0) is 57.1 Å². The first-order chi connectivity index (χ1) is 13.4. The number of carbonyl (C=O) groups is 1. The van der Waals surface area contributed by atoms with Crippen LogP contribution in [0.15, 0.2) is 58.7 Å². The second-order valence-electron chi connectivity index (χ2n) is 6.04. The van der Waals surface area contributed by atoms with Gasteiger partial charge in [0.1, 0.15) is 0 Å². The number of rotatable bonds is 5. The Kier molecular flexibility index (Phi) is 23.7. The topological polar surface area (TPSA) is 26.3 Å². The summed E-state index contributed by atoms with van der Waals surface area (Å²) in [6.45, 7) is 20.5. The van der Waals surface area contributed by atoms with Crippen LogP contribution in [-0.4, -0.2) is 13.1 Å². The lowest BCUT2D eigenvalue weighted by atomic mass is 9.84. The molecule has 0 saturated heterocycles. The summed E-state index contributed by atoms with van der Waals surface area (Å²) < 4.78 is 4.59. The van der Waals surface area contributed by atoms with E-state index in [-0.39, 0.29) is 5.97 Å². The minimum absolute atomic E-state index is 0.323. The molecule has 0 N–H and O–H groups in total. The van der Waals surface area contributed by atoms with Crippen molar-refractivity contribution in [2.24, 2.45) is 5.92 Å². The SMILES string of the molecule is CC.CC.CC.COC(=O)\C=C(C)/C=C/C=C(C)/C=C/C1=C(C)CCCC1C. The van der Waals surface area contributed by atoms with E-state index in [2.05, 4.69) is 43.7 Å². The molecule has 0 bridgehead atoms. The zero-order valence-electron chi connectivity index (χ0n) is 20.5. The molecule has 0 radical (unpaired) electrons. The quantitative estimate of drug-likeness (QED) is 0.268. The van der Waals surface area contributed by atoms with Crippen LogP contribution in [0.3, 0.4) is 0 Å². The molecule has 0 heterocycles. The number of carbonyl (C=O) groups excluding carboxylic acids is 1. The Balaban J connectivity index is -0.000000946. The van der Waals surface area contributed by atoms with Crippen LogP contribution >= 0.6 is 0 Å². The van der Waals surface area contributed by atoms with Gasteiger partial charge in [0.15, 0.2) is 0 Å². The summed E-state index contributed by atoms with van der Waals surface area (Å²) in [6, 6.07) is 0. The van der Waals surface area contributed by atoms with Gasteiger partial charge in [0.2, 0.25) is 0 Å². The summed E-state index contributed by atoms with van der Waals surface area (Å²) in [5.41, 5.74) is 5.08. The van der Waals surface area contributed by atoms with Gasteiger partial charge in [0, 0.05) is 6.08 Å². The molecule has 1 aliphatic carbocycles. The van der Waals surface area contributed by atoms with Crippen LogP contribution in [0.1, 0.15) is 88.5 Å². The van der Waals surface area contributed by atoms with Crippen LogP contribution in [0.25, 0.3) is 0 Å². The number of ether oxygens (including phenoxy) is 1. The van der Waals surface area contributed by atoms with E-state index in [1.165, 1.54) is 49.2 Å². The van der Waals surface area contributed by atoms with Crippen molar-refractivity contribution < 1.29 is 9.53 Å². The van der Waals surface area contributed by atoms with Gasteiger partial charge in [0.25, 0.3) is 0 Å². The Bertz CT molecular complexity index is 543. The van der Waals surface area contributed by atoms with Crippen LogP contribution in [0, 0.1) is 5.92 Å². The fourth-order valence-corrected chi connectivity index (χ4v) is 2.62. The summed E-state index contributed by atoms with van der Waals surface area (Å²) in [5.74, 6) is 0.343. The molecule has 0 amide bonds. The normalized spacial score (nSPS) is 17.2. The van der Waals surface area contributed by atoms with Crippen molar-refractivity contribution in [3.63, 3.8) is 0 Å². The Labute approximate surface area is 176 Å². The number of esters is 1. The molecule has 0 spiro atoms. The van der Waals surface area contributed by atoms with E-state index >= 15 is 0 Å². The Morgan fingerprint density at radius 2 is 1.57 bits per heavy atom. The van der Waals surface area contributed by atoms with Gasteiger partial charge in [0.05, 0.1) is 7.11 Å². The van der Waals surface area contributed by atoms with Crippen molar-refractivity contribution in [3.05, 3.63) is 58.7 Å². The van der Waals surface area contributed by atoms with E-state index in [0.717, 1.165) is 5.57 Å². The van der Waals surface area contributed by atoms with Crippen LogP contribution in [0.5, 0.6) is 0 Å². The summed E-state index contributed by atoms with van der Waals surface area (Å²) in [7, 11) is 1.38. The number of hydrogen-bond acceptors (Lipinski definition) is 2. The van der Waals surface area contributed by atoms with Gasteiger partial charge in [-0.15, -0.1) is 0 Å². The predicted molar refractivity (Wildman–Crippen MR) is 128 cm³/mol. The van der Waals surface area contributed by atoms with Crippen LogP contribution in [0.4, 0.5) is 0 Å². The van der Waals surface area contributed by atoms with Crippen molar-refractivity contribution in [3.8, 4) is 0 Å². The summed E-state index contributed by atoms with van der Waals surface area (Å²) >= 11 is 0. The molecular weight excluding hydrogens is 344 g/mol. The third kappa shape index (κ3) is 15.2. The lowest BCUT2D eigenvalue weighted by Gasteiger charge is -2.22. The molecular formula is C26H46O2. The molecule has 2 heteroatoms. The summed E-state index contributed by atoms with van der Waals surface area (Å²) in [4.78, 5) is 11.1. The average molecular weight is 391 g/mol. The van der Waals surface area contributed by atoms with E-state index in [9.17, 15) is 4.79 Å². The molecule has 0 aromatic rings. The standard InChI is InChI=1S/C20H28O2.3C2H6/c1-15(8-6-9-16(2)14-20(21)22-5)12-13-19-17(3)10-7-11-18(19)4;3*1-2/h6,8-9,12-14,17H,7,10-11H2,1-5H3;3*1-2H3/b9-6+,13-12+,15-8+,16-14-;;;. The minimum atomic E-state index is -0.323. The highest BCUT2D eigenvalue weighted by atomic mass is 16.5. The fraction of sp³-hybridized carbons (Fsp3) is 0.577. The predicted octanol–water partition coefficient (Wildman–Crippen LogP) is 8.38. The second kappa shape index (κ2) is 21.5. The fourth-order valence-electron chi connectivity index (χ4n) is 2.62. The molecule has 1 atom stereocenters. The maximum Gasteiger partial charge on any atom is 0.330 e. The van der Waals surface area contributed by atoms with Gasteiger partial charge >= 0.3 is 5.97 Å². The lowest BCUT2D eigenvalue weighted by Crippen LogP contribution is -2.06. The molecule has 0 saturated carbocycles. The molecule has 2 nitrogen and oxygen atoms in total. The molecule has 0 aliphatic heterocycles. The smallest absolute Gasteiger partial charge is 0.330 e. The van der Waals surface area contributed by atoms with E-state index in [0.29, 0.717) is 5.92 Å². The van der Waals surface area contributed by atoms with E-state index in [4.69, 9.17) is 0 Å². The molecule has 1 rings (SSSR count). The van der Waals surface area contributed by atoms with E-state index < -0.39 is 0 Å². The van der Waals surface area contributed by atoms with Crippen LogP contribution < -0.4 is 0 Å². The first-order valence-corrected chi connectivity index (χ1v) is 10.9. The first-order valence-electron chi connectivity index (χ1n) is 10.9. The zero-order chi connectivity index (χ0) is 22.5. The third-order valence-electron chi connectivity index (χ3n) is 4.00. The van der Waals surface area contributed by atoms with Crippen molar-refractivity contribution in [2.45, 2.75) is 88.5 Å². The first kappa shape index (κ1) is 30.9. The Morgan fingerprint density at radius 1 is 1.00 bits per heavy atom. The van der Waals surface area contributed by atoms with Gasteiger partial charge in [-0.3, -0.25) is 0 Å². The zero-order valence-corrected chi connectivity index (χ0v) is 20.5. The molecule has 28 heavy (non-hydrogen) atoms. The average Bonchev–Trinajstić information content (AvgIpc) is 2.72. The maximum absolute atomic E-state index is 11.1. The highest BCUT2D eigenvalue weighted by Crippen LogP contribution is 2.30. The molecule has 0 aromatic heterocycles. The number of hydrogen-bond donors (Lipinski definition) is 0. The van der Waals surface area contributed by atoms with Gasteiger partial charge < -0.3 is 4.74 Å². The third-order valence-corrected chi connectivity index (χ3v) is 4.00. The van der Waals surface area contributed by atoms with E-state index in [1.54, 1.807) is 0 Å². The Hall–Kier alpha value is -1.83. The van der Waals surface area contributed by atoms with E-state index in [1.807, 2.05) is 60.6 Å².